The van der Waals surface area contributed by atoms with Crippen LogP contribution in [0.25, 0.3) is 0 Å². The molecule has 6 nitrogen and oxygen atoms in total. The van der Waals surface area contributed by atoms with Gasteiger partial charge in [-0.15, -0.1) is 0 Å². The summed E-state index contributed by atoms with van der Waals surface area (Å²) >= 11 is 0. The quantitative estimate of drug-likeness (QED) is 0.860. The molecule has 2 aliphatic rings. The van der Waals surface area contributed by atoms with Gasteiger partial charge in [0, 0.05) is 30.1 Å². The summed E-state index contributed by atoms with van der Waals surface area (Å²) < 4.78 is 18.6. The van der Waals surface area contributed by atoms with Crippen LogP contribution in [0.1, 0.15) is 51.4 Å². The Morgan fingerprint density at radius 2 is 2.08 bits per heavy atom. The molecular weight excluding hydrogens is 337 g/mol. The molecule has 136 valence electrons. The Bertz CT molecular complexity index is 844. The summed E-state index contributed by atoms with van der Waals surface area (Å²) in [4.78, 5) is 24.7. The Kier molecular flexibility index (Phi) is 4.44. The maximum absolute atomic E-state index is 13.3. The average Bonchev–Trinajstić information content (AvgIpc) is 3.37. The highest BCUT2D eigenvalue weighted by atomic mass is 19.1. The zero-order valence-electron chi connectivity index (χ0n) is 14.3. The highest BCUT2D eigenvalue weighted by Gasteiger charge is 2.30. The van der Waals surface area contributed by atoms with Crippen molar-refractivity contribution < 1.29 is 18.5 Å². The third-order valence-electron chi connectivity index (χ3n) is 4.93. The van der Waals surface area contributed by atoms with Crippen molar-refractivity contribution in [2.75, 3.05) is 6.54 Å². The molecule has 0 spiro atoms. The summed E-state index contributed by atoms with van der Waals surface area (Å²) in [5, 5.41) is 9.74. The first-order chi connectivity index (χ1) is 12.6. The second-order valence-corrected chi connectivity index (χ2v) is 7.01. The fraction of sp³-hybridized carbons (Fsp3) is 0.421. The van der Waals surface area contributed by atoms with Gasteiger partial charge in [0.15, 0.2) is 5.69 Å². The van der Waals surface area contributed by atoms with Crippen LogP contribution in [0, 0.1) is 11.7 Å². The molecule has 7 heteroatoms. The number of nitrogens with zero attached hydrogens (tertiary/aromatic N) is 1. The van der Waals surface area contributed by atoms with Gasteiger partial charge in [0.25, 0.3) is 11.8 Å². The third-order valence-corrected chi connectivity index (χ3v) is 4.93. The van der Waals surface area contributed by atoms with Crippen molar-refractivity contribution in [2.24, 2.45) is 5.92 Å². The van der Waals surface area contributed by atoms with Crippen LogP contribution in [0.2, 0.25) is 0 Å². The van der Waals surface area contributed by atoms with Crippen molar-refractivity contribution in [2.45, 2.75) is 38.1 Å². The van der Waals surface area contributed by atoms with Crippen LogP contribution in [0.3, 0.4) is 0 Å². The second-order valence-electron chi connectivity index (χ2n) is 7.01. The number of halogens is 1. The number of rotatable bonds is 5. The number of carbonyl (C=O) groups excluding carboxylic acids is 2. The van der Waals surface area contributed by atoms with Gasteiger partial charge < -0.3 is 15.2 Å². The minimum absolute atomic E-state index is 0.146. The molecular formula is C19H20FN3O3. The summed E-state index contributed by atoms with van der Waals surface area (Å²) in [6.45, 7) is 0.667. The van der Waals surface area contributed by atoms with Crippen LogP contribution in [0.5, 0.6) is 0 Å². The average molecular weight is 357 g/mol. The Morgan fingerprint density at radius 1 is 1.23 bits per heavy atom. The van der Waals surface area contributed by atoms with E-state index in [1.165, 1.54) is 18.2 Å². The molecule has 1 aromatic heterocycles. The van der Waals surface area contributed by atoms with E-state index in [2.05, 4.69) is 15.8 Å². The van der Waals surface area contributed by atoms with Crippen LogP contribution in [0.4, 0.5) is 4.39 Å². The Labute approximate surface area is 150 Å². The summed E-state index contributed by atoms with van der Waals surface area (Å²) in [5.74, 6) is 0.295. The number of carbonyl (C=O) groups is 2. The Hall–Kier alpha value is -2.70. The van der Waals surface area contributed by atoms with Crippen molar-refractivity contribution in [1.82, 2.24) is 15.8 Å². The molecule has 0 bridgehead atoms. The number of aryl methyl sites for hydroxylation is 1. The van der Waals surface area contributed by atoms with Gasteiger partial charge in [0.05, 0.1) is 0 Å². The predicted molar refractivity (Wildman–Crippen MR) is 91.2 cm³/mol. The van der Waals surface area contributed by atoms with Crippen molar-refractivity contribution in [3.63, 3.8) is 0 Å². The summed E-state index contributed by atoms with van der Waals surface area (Å²) in [7, 11) is 0. The lowest BCUT2D eigenvalue weighted by Gasteiger charge is -2.22. The summed E-state index contributed by atoms with van der Waals surface area (Å²) in [6, 6.07) is 5.44. The molecule has 2 aliphatic carbocycles. The lowest BCUT2D eigenvalue weighted by atomic mass is 9.91. The number of hydrogen-bond acceptors (Lipinski definition) is 4. The van der Waals surface area contributed by atoms with E-state index in [0.717, 1.165) is 18.4 Å². The first-order valence-electron chi connectivity index (χ1n) is 8.92. The first-order valence-corrected chi connectivity index (χ1v) is 8.92. The van der Waals surface area contributed by atoms with E-state index in [-0.39, 0.29) is 23.4 Å². The maximum atomic E-state index is 13.3. The first kappa shape index (κ1) is 16.8. The van der Waals surface area contributed by atoms with E-state index in [1.807, 2.05) is 0 Å². The molecule has 1 fully saturated rings. The molecule has 1 heterocycles. The molecule has 1 aromatic carbocycles. The lowest BCUT2D eigenvalue weighted by Crippen LogP contribution is -2.39. The van der Waals surface area contributed by atoms with Gasteiger partial charge in [0.2, 0.25) is 0 Å². The van der Waals surface area contributed by atoms with Gasteiger partial charge in [-0.05, 0) is 49.8 Å². The number of fused-ring (bicyclic) bond motifs is 1. The fourth-order valence-electron chi connectivity index (χ4n) is 3.25. The molecule has 4 rings (SSSR count). The fourth-order valence-corrected chi connectivity index (χ4v) is 3.25. The molecule has 1 atom stereocenters. The van der Waals surface area contributed by atoms with Gasteiger partial charge >= 0.3 is 0 Å². The van der Waals surface area contributed by atoms with Crippen LogP contribution >= 0.6 is 0 Å². The van der Waals surface area contributed by atoms with E-state index in [9.17, 15) is 14.0 Å². The number of benzene rings is 1. The smallest absolute Gasteiger partial charge is 0.273 e. The van der Waals surface area contributed by atoms with Crippen LogP contribution in [-0.4, -0.2) is 29.6 Å². The molecule has 2 amide bonds. The van der Waals surface area contributed by atoms with E-state index < -0.39 is 5.82 Å². The van der Waals surface area contributed by atoms with Gasteiger partial charge in [-0.2, -0.15) is 0 Å². The molecule has 2 aromatic rings. The summed E-state index contributed by atoms with van der Waals surface area (Å²) in [6.07, 6.45) is 4.08. The standard InChI is InChI=1S/C19H20FN3O3/c20-13-3-1-2-12(8-13)18(24)22-14-6-7-16-15(9-14)17(23-26-16)19(25)21-10-11-4-5-11/h1-3,8,11,14H,4-7,9-10H2,(H,21,25)(H,22,24). The van der Waals surface area contributed by atoms with Crippen LogP contribution in [0.15, 0.2) is 28.8 Å². The number of aromatic nitrogens is 1. The predicted octanol–water partition coefficient (Wildman–Crippen LogP) is 2.24. The Balaban J connectivity index is 1.42. The monoisotopic (exact) mass is 357 g/mol. The van der Waals surface area contributed by atoms with Crippen molar-refractivity contribution in [3.8, 4) is 0 Å². The van der Waals surface area contributed by atoms with Gasteiger partial charge in [0.1, 0.15) is 11.6 Å². The molecule has 2 N–H and O–H groups in total. The summed E-state index contributed by atoms with van der Waals surface area (Å²) in [5.41, 5.74) is 1.35. The van der Waals surface area contributed by atoms with Crippen molar-refractivity contribution in [3.05, 3.63) is 52.7 Å². The largest absolute Gasteiger partial charge is 0.360 e. The van der Waals surface area contributed by atoms with Crippen LogP contribution < -0.4 is 10.6 Å². The number of amides is 2. The molecule has 0 saturated heterocycles. The van der Waals surface area contributed by atoms with Gasteiger partial charge in [-0.1, -0.05) is 11.2 Å². The molecule has 1 unspecified atom stereocenters. The highest BCUT2D eigenvalue weighted by Crippen LogP contribution is 2.28. The van der Waals surface area contributed by atoms with E-state index in [0.29, 0.717) is 43.2 Å². The molecule has 26 heavy (non-hydrogen) atoms. The number of nitrogens with one attached hydrogen (secondary N) is 2. The zero-order valence-corrected chi connectivity index (χ0v) is 14.3. The normalized spacial score (nSPS) is 18.9. The number of hydrogen-bond donors (Lipinski definition) is 2. The van der Waals surface area contributed by atoms with Crippen molar-refractivity contribution in [1.29, 1.82) is 0 Å². The minimum atomic E-state index is -0.447. The lowest BCUT2D eigenvalue weighted by molar-refractivity contribution is 0.0930. The van der Waals surface area contributed by atoms with Crippen LogP contribution in [-0.2, 0) is 12.8 Å². The molecule has 1 saturated carbocycles. The Morgan fingerprint density at radius 3 is 2.85 bits per heavy atom. The SMILES string of the molecule is O=C(NC1CCc2onc(C(=O)NCC3CC3)c2C1)c1cccc(F)c1. The second kappa shape index (κ2) is 6.90. The topological polar surface area (TPSA) is 84.2 Å². The van der Waals surface area contributed by atoms with E-state index >= 15 is 0 Å². The van der Waals surface area contributed by atoms with Crippen molar-refractivity contribution >= 4 is 11.8 Å². The highest BCUT2D eigenvalue weighted by molar-refractivity contribution is 5.95. The third kappa shape index (κ3) is 3.61. The minimum Gasteiger partial charge on any atom is -0.360 e. The van der Waals surface area contributed by atoms with E-state index in [4.69, 9.17) is 4.52 Å². The zero-order chi connectivity index (χ0) is 18.1. The van der Waals surface area contributed by atoms with Gasteiger partial charge in [-0.3, -0.25) is 9.59 Å². The molecule has 0 radical (unpaired) electrons. The molecule has 0 aliphatic heterocycles. The van der Waals surface area contributed by atoms with Gasteiger partial charge in [-0.25, -0.2) is 4.39 Å². The van der Waals surface area contributed by atoms with E-state index in [1.54, 1.807) is 6.07 Å². The maximum Gasteiger partial charge on any atom is 0.273 e.